The number of nitrogens with zero attached hydrogens (tertiary/aromatic N) is 1. The molecule has 114 valence electrons. The molecule has 1 aliphatic carbocycles. The van der Waals surface area contributed by atoms with Gasteiger partial charge in [-0.05, 0) is 37.0 Å². The van der Waals surface area contributed by atoms with Crippen LogP contribution in [0.3, 0.4) is 0 Å². The van der Waals surface area contributed by atoms with Crippen molar-refractivity contribution in [3.8, 4) is 0 Å². The largest absolute Gasteiger partial charge is 0.447 e. The summed E-state index contributed by atoms with van der Waals surface area (Å²) >= 11 is 0. The Morgan fingerprint density at radius 2 is 2.19 bits per heavy atom. The summed E-state index contributed by atoms with van der Waals surface area (Å²) in [6, 6.07) is 8.69. The summed E-state index contributed by atoms with van der Waals surface area (Å²) in [5.41, 5.74) is 2.03. The number of hydrogen-bond donors (Lipinski definition) is 1. The Balaban J connectivity index is 1.72. The van der Waals surface area contributed by atoms with Crippen molar-refractivity contribution < 1.29 is 9.53 Å². The molecule has 2 unspecified atom stereocenters. The van der Waals surface area contributed by atoms with Gasteiger partial charge >= 0.3 is 6.09 Å². The highest BCUT2D eigenvalue weighted by atomic mass is 16.6. The van der Waals surface area contributed by atoms with Gasteiger partial charge in [-0.3, -0.25) is 4.90 Å². The standard InChI is InChI=1S/C17H24N2O2/c1-2-13-6-3-4-9-16(13)18-14-7-5-8-15(12-14)19-10-11-21-17(19)20/h5,7-8,12-13,16,18H,2-4,6,9-11H2,1H3. The van der Waals surface area contributed by atoms with Gasteiger partial charge in [0, 0.05) is 17.4 Å². The van der Waals surface area contributed by atoms with Gasteiger partial charge in [0.2, 0.25) is 0 Å². The molecule has 21 heavy (non-hydrogen) atoms. The molecule has 1 amide bonds. The Kier molecular flexibility index (Phi) is 4.32. The van der Waals surface area contributed by atoms with E-state index in [-0.39, 0.29) is 6.09 Å². The quantitative estimate of drug-likeness (QED) is 0.909. The SMILES string of the molecule is CCC1CCCCC1Nc1cccc(N2CCOC2=O)c1. The number of carbonyl (C=O) groups is 1. The van der Waals surface area contributed by atoms with E-state index in [4.69, 9.17) is 4.74 Å². The third-order valence-electron chi connectivity index (χ3n) is 4.70. The van der Waals surface area contributed by atoms with Crippen LogP contribution in [0, 0.1) is 5.92 Å². The van der Waals surface area contributed by atoms with E-state index in [0.29, 0.717) is 19.2 Å². The van der Waals surface area contributed by atoms with Crippen molar-refractivity contribution in [2.75, 3.05) is 23.4 Å². The molecule has 1 aromatic rings. The number of rotatable bonds is 4. The molecule has 4 heteroatoms. The van der Waals surface area contributed by atoms with Gasteiger partial charge in [-0.25, -0.2) is 4.79 Å². The highest BCUT2D eigenvalue weighted by molar-refractivity contribution is 5.89. The number of hydrogen-bond acceptors (Lipinski definition) is 3. The molecule has 0 bridgehead atoms. The average molecular weight is 288 g/mol. The minimum absolute atomic E-state index is 0.240. The highest BCUT2D eigenvalue weighted by Crippen LogP contribution is 2.30. The Bertz CT molecular complexity index is 503. The molecule has 0 spiro atoms. The maximum absolute atomic E-state index is 11.7. The zero-order valence-electron chi connectivity index (χ0n) is 12.7. The molecule has 1 saturated heterocycles. The van der Waals surface area contributed by atoms with Gasteiger partial charge in [0.15, 0.2) is 0 Å². The van der Waals surface area contributed by atoms with Gasteiger partial charge in [0.1, 0.15) is 6.61 Å². The molecule has 0 aromatic heterocycles. The van der Waals surface area contributed by atoms with Crippen molar-refractivity contribution in [2.45, 2.75) is 45.1 Å². The van der Waals surface area contributed by atoms with Gasteiger partial charge < -0.3 is 10.1 Å². The fourth-order valence-corrected chi connectivity index (χ4v) is 3.49. The minimum Gasteiger partial charge on any atom is -0.447 e. The number of amides is 1. The average Bonchev–Trinajstić information content (AvgIpc) is 2.94. The number of cyclic esters (lactones) is 1. The molecule has 1 heterocycles. The van der Waals surface area contributed by atoms with E-state index in [1.54, 1.807) is 4.90 Å². The topological polar surface area (TPSA) is 41.6 Å². The molecular formula is C17H24N2O2. The van der Waals surface area contributed by atoms with E-state index in [9.17, 15) is 4.79 Å². The fourth-order valence-electron chi connectivity index (χ4n) is 3.49. The number of benzene rings is 1. The van der Waals surface area contributed by atoms with Gasteiger partial charge in [0.05, 0.1) is 6.54 Å². The first kappa shape index (κ1) is 14.2. The van der Waals surface area contributed by atoms with E-state index in [0.717, 1.165) is 17.3 Å². The van der Waals surface area contributed by atoms with E-state index in [1.165, 1.54) is 32.1 Å². The molecule has 2 aliphatic rings. The van der Waals surface area contributed by atoms with Gasteiger partial charge in [-0.2, -0.15) is 0 Å². The third kappa shape index (κ3) is 3.14. The van der Waals surface area contributed by atoms with Crippen LogP contribution in [-0.2, 0) is 4.74 Å². The maximum atomic E-state index is 11.7. The van der Waals surface area contributed by atoms with Crippen LogP contribution < -0.4 is 10.2 Å². The first-order valence-electron chi connectivity index (χ1n) is 8.09. The van der Waals surface area contributed by atoms with Crippen molar-refractivity contribution in [3.05, 3.63) is 24.3 Å². The lowest BCUT2D eigenvalue weighted by atomic mass is 9.83. The lowest BCUT2D eigenvalue weighted by molar-refractivity contribution is 0.181. The molecule has 4 nitrogen and oxygen atoms in total. The first-order valence-corrected chi connectivity index (χ1v) is 8.09. The summed E-state index contributed by atoms with van der Waals surface area (Å²) in [4.78, 5) is 13.4. The van der Waals surface area contributed by atoms with Crippen LogP contribution in [0.5, 0.6) is 0 Å². The monoisotopic (exact) mass is 288 g/mol. The zero-order valence-corrected chi connectivity index (χ0v) is 12.7. The molecule has 1 aliphatic heterocycles. The van der Waals surface area contributed by atoms with Gasteiger partial charge in [-0.1, -0.05) is 32.3 Å². The predicted octanol–water partition coefficient (Wildman–Crippen LogP) is 4.02. The highest BCUT2D eigenvalue weighted by Gasteiger charge is 2.25. The van der Waals surface area contributed by atoms with Crippen LogP contribution >= 0.6 is 0 Å². The molecule has 0 radical (unpaired) electrons. The lowest BCUT2D eigenvalue weighted by Gasteiger charge is -2.32. The number of ether oxygens (including phenoxy) is 1. The number of anilines is 2. The third-order valence-corrected chi connectivity index (χ3v) is 4.70. The second kappa shape index (κ2) is 6.37. The van der Waals surface area contributed by atoms with Crippen molar-refractivity contribution in [3.63, 3.8) is 0 Å². The minimum atomic E-state index is -0.240. The van der Waals surface area contributed by atoms with Crippen LogP contribution in [0.4, 0.5) is 16.2 Å². The van der Waals surface area contributed by atoms with E-state index >= 15 is 0 Å². The molecule has 2 atom stereocenters. The second-order valence-corrected chi connectivity index (χ2v) is 6.02. The summed E-state index contributed by atoms with van der Waals surface area (Å²) in [6.45, 7) is 3.40. The van der Waals surface area contributed by atoms with E-state index < -0.39 is 0 Å². The summed E-state index contributed by atoms with van der Waals surface area (Å²) in [5, 5.41) is 3.68. The Labute approximate surface area is 126 Å². The summed E-state index contributed by atoms with van der Waals surface area (Å²) in [7, 11) is 0. The van der Waals surface area contributed by atoms with Crippen molar-refractivity contribution in [1.82, 2.24) is 0 Å². The molecule has 1 N–H and O–H groups in total. The fraction of sp³-hybridized carbons (Fsp3) is 0.588. The van der Waals surface area contributed by atoms with Gasteiger partial charge in [0.25, 0.3) is 0 Å². The number of carbonyl (C=O) groups excluding carboxylic acids is 1. The summed E-state index contributed by atoms with van der Waals surface area (Å²) < 4.78 is 5.01. The van der Waals surface area contributed by atoms with Crippen LogP contribution in [0.1, 0.15) is 39.0 Å². The maximum Gasteiger partial charge on any atom is 0.414 e. The Morgan fingerprint density at radius 1 is 1.33 bits per heavy atom. The van der Waals surface area contributed by atoms with Crippen LogP contribution in [0.2, 0.25) is 0 Å². The lowest BCUT2D eigenvalue weighted by Crippen LogP contribution is -2.32. The normalized spacial score (nSPS) is 25.8. The Hall–Kier alpha value is -1.71. The smallest absolute Gasteiger partial charge is 0.414 e. The molecule has 2 fully saturated rings. The predicted molar refractivity (Wildman–Crippen MR) is 84.8 cm³/mol. The Morgan fingerprint density at radius 3 is 2.95 bits per heavy atom. The van der Waals surface area contributed by atoms with Crippen LogP contribution in [0.15, 0.2) is 24.3 Å². The number of nitrogens with one attached hydrogen (secondary N) is 1. The van der Waals surface area contributed by atoms with E-state index in [1.807, 2.05) is 12.1 Å². The van der Waals surface area contributed by atoms with Crippen LogP contribution in [-0.4, -0.2) is 25.3 Å². The summed E-state index contributed by atoms with van der Waals surface area (Å²) in [6.07, 6.45) is 6.23. The first-order chi connectivity index (χ1) is 10.3. The van der Waals surface area contributed by atoms with E-state index in [2.05, 4.69) is 24.4 Å². The van der Waals surface area contributed by atoms with Crippen LogP contribution in [0.25, 0.3) is 0 Å². The molecule has 1 saturated carbocycles. The molecule has 1 aromatic carbocycles. The van der Waals surface area contributed by atoms with Gasteiger partial charge in [-0.15, -0.1) is 0 Å². The zero-order chi connectivity index (χ0) is 14.7. The molecule has 3 rings (SSSR count). The molecular weight excluding hydrogens is 264 g/mol. The van der Waals surface area contributed by atoms with Crippen molar-refractivity contribution in [2.24, 2.45) is 5.92 Å². The van der Waals surface area contributed by atoms with Crippen molar-refractivity contribution >= 4 is 17.5 Å². The van der Waals surface area contributed by atoms with Crippen molar-refractivity contribution in [1.29, 1.82) is 0 Å². The summed E-state index contributed by atoms with van der Waals surface area (Å²) in [5.74, 6) is 0.763. The second-order valence-electron chi connectivity index (χ2n) is 6.02.